The van der Waals surface area contributed by atoms with Crippen LogP contribution in [0.5, 0.6) is 0 Å². The highest BCUT2D eigenvalue weighted by Gasteiger charge is 2.56. The molecule has 3 aliphatic heterocycles. The molecule has 2 aromatic rings. The third-order valence-electron chi connectivity index (χ3n) is 5.56. The molecule has 0 saturated carbocycles. The van der Waals surface area contributed by atoms with Crippen LogP contribution in [-0.2, 0) is 0 Å². The van der Waals surface area contributed by atoms with Crippen LogP contribution < -0.4 is 0 Å². The maximum atomic E-state index is 13.5. The molecule has 3 heteroatoms. The van der Waals surface area contributed by atoms with Gasteiger partial charge >= 0.3 is 0 Å². The lowest BCUT2D eigenvalue weighted by molar-refractivity contribution is -0.00635. The number of benzene rings is 2. The standard InChI is InChI=1S/C21H21NO2/c23-19(17-7-3-1-4-8-17)21(15-16-11-13-22(21)14-12-16)20(24)18-9-5-2-6-10-18/h1-10,16H,11-15H2. The normalized spacial score (nSPS) is 24.5. The van der Waals surface area contributed by atoms with Crippen molar-refractivity contribution in [3.8, 4) is 0 Å². The summed E-state index contributed by atoms with van der Waals surface area (Å²) in [4.78, 5) is 29.1. The Morgan fingerprint density at radius 3 is 1.62 bits per heavy atom. The lowest BCUT2D eigenvalue weighted by Gasteiger charge is -2.52. The second-order valence-electron chi connectivity index (χ2n) is 6.89. The van der Waals surface area contributed by atoms with E-state index in [1.54, 1.807) is 0 Å². The molecule has 24 heavy (non-hydrogen) atoms. The first-order chi connectivity index (χ1) is 11.7. The van der Waals surface area contributed by atoms with Crippen molar-refractivity contribution in [2.24, 2.45) is 5.92 Å². The first-order valence-corrected chi connectivity index (χ1v) is 8.66. The second kappa shape index (κ2) is 5.99. The van der Waals surface area contributed by atoms with Crippen molar-refractivity contribution in [1.29, 1.82) is 0 Å². The molecule has 0 amide bonds. The molecule has 0 N–H and O–H groups in total. The molecule has 2 aromatic carbocycles. The number of ketones is 2. The smallest absolute Gasteiger partial charge is 0.191 e. The zero-order valence-electron chi connectivity index (χ0n) is 13.7. The van der Waals surface area contributed by atoms with E-state index in [-0.39, 0.29) is 11.6 Å². The summed E-state index contributed by atoms with van der Waals surface area (Å²) in [6.45, 7) is 1.67. The highest BCUT2D eigenvalue weighted by molar-refractivity contribution is 6.23. The van der Waals surface area contributed by atoms with Gasteiger partial charge in [0.05, 0.1) is 0 Å². The molecule has 3 heterocycles. The predicted molar refractivity (Wildman–Crippen MR) is 93.2 cm³/mol. The highest BCUT2D eigenvalue weighted by Crippen LogP contribution is 2.43. The van der Waals surface area contributed by atoms with E-state index in [2.05, 4.69) is 4.90 Å². The molecule has 0 spiro atoms. The zero-order valence-corrected chi connectivity index (χ0v) is 13.7. The lowest BCUT2D eigenvalue weighted by Crippen LogP contribution is -2.66. The number of piperidine rings is 3. The molecular formula is C21H21NO2. The van der Waals surface area contributed by atoms with Crippen LogP contribution in [0.1, 0.15) is 40.0 Å². The van der Waals surface area contributed by atoms with Crippen LogP contribution in [0.3, 0.4) is 0 Å². The number of Topliss-reactive ketones (excluding diaryl/α,β-unsaturated/α-hetero) is 2. The molecule has 0 aromatic heterocycles. The van der Waals surface area contributed by atoms with Crippen molar-refractivity contribution in [2.45, 2.75) is 24.8 Å². The number of hydrogen-bond donors (Lipinski definition) is 0. The van der Waals surface area contributed by atoms with Gasteiger partial charge in [-0.15, -0.1) is 0 Å². The van der Waals surface area contributed by atoms with E-state index < -0.39 is 5.54 Å². The van der Waals surface area contributed by atoms with Gasteiger partial charge in [-0.05, 0) is 38.3 Å². The summed E-state index contributed by atoms with van der Waals surface area (Å²) in [5.74, 6) is 0.387. The summed E-state index contributed by atoms with van der Waals surface area (Å²) in [7, 11) is 0. The average Bonchev–Trinajstić information content (AvgIpc) is 2.69. The van der Waals surface area contributed by atoms with Gasteiger partial charge in [-0.2, -0.15) is 0 Å². The SMILES string of the molecule is O=C(c1ccccc1)C1(C(=O)c2ccccc2)CC2CCN1CC2. The van der Waals surface area contributed by atoms with Gasteiger partial charge < -0.3 is 0 Å². The van der Waals surface area contributed by atoms with E-state index in [4.69, 9.17) is 0 Å². The van der Waals surface area contributed by atoms with Gasteiger partial charge in [-0.1, -0.05) is 60.7 Å². The van der Waals surface area contributed by atoms with E-state index in [9.17, 15) is 9.59 Å². The molecular weight excluding hydrogens is 298 g/mol. The number of nitrogens with zero attached hydrogens (tertiary/aromatic N) is 1. The molecule has 0 atom stereocenters. The van der Waals surface area contributed by atoms with Crippen molar-refractivity contribution in [1.82, 2.24) is 4.90 Å². The Morgan fingerprint density at radius 2 is 1.25 bits per heavy atom. The molecule has 2 bridgehead atoms. The quantitative estimate of drug-likeness (QED) is 0.638. The van der Waals surface area contributed by atoms with Gasteiger partial charge in [0, 0.05) is 11.1 Å². The number of hydrogen-bond acceptors (Lipinski definition) is 3. The molecule has 0 unspecified atom stereocenters. The maximum Gasteiger partial charge on any atom is 0.191 e. The Kier molecular flexibility index (Phi) is 3.81. The van der Waals surface area contributed by atoms with Gasteiger partial charge in [0.2, 0.25) is 0 Å². The fourth-order valence-corrected chi connectivity index (χ4v) is 4.30. The van der Waals surface area contributed by atoms with Crippen molar-refractivity contribution in [3.05, 3.63) is 71.8 Å². The fourth-order valence-electron chi connectivity index (χ4n) is 4.30. The van der Waals surface area contributed by atoms with Crippen LogP contribution in [-0.4, -0.2) is 35.1 Å². The minimum Gasteiger partial charge on any atom is -0.292 e. The number of rotatable bonds is 4. The van der Waals surface area contributed by atoms with Crippen molar-refractivity contribution in [2.75, 3.05) is 13.1 Å². The van der Waals surface area contributed by atoms with E-state index in [1.807, 2.05) is 60.7 Å². The summed E-state index contributed by atoms with van der Waals surface area (Å²) in [6.07, 6.45) is 2.83. The summed E-state index contributed by atoms with van der Waals surface area (Å²) >= 11 is 0. The molecule has 5 rings (SSSR count). The van der Waals surface area contributed by atoms with Gasteiger partial charge in [0.25, 0.3) is 0 Å². The number of carbonyl (C=O) groups excluding carboxylic acids is 2. The average molecular weight is 319 g/mol. The third kappa shape index (κ3) is 2.31. The maximum absolute atomic E-state index is 13.5. The first-order valence-electron chi connectivity index (χ1n) is 8.66. The van der Waals surface area contributed by atoms with Crippen molar-refractivity contribution >= 4 is 11.6 Å². The highest BCUT2D eigenvalue weighted by atomic mass is 16.2. The van der Waals surface area contributed by atoms with Crippen LogP contribution >= 0.6 is 0 Å². The summed E-state index contributed by atoms with van der Waals surface area (Å²) < 4.78 is 0. The Bertz CT molecular complexity index is 694. The van der Waals surface area contributed by atoms with Gasteiger partial charge in [0.1, 0.15) is 5.54 Å². The number of fused-ring (bicyclic) bond motifs is 3. The minimum atomic E-state index is -1.02. The Labute approximate surface area is 142 Å². The van der Waals surface area contributed by atoms with Gasteiger partial charge in [-0.25, -0.2) is 0 Å². The van der Waals surface area contributed by atoms with E-state index in [0.717, 1.165) is 25.9 Å². The minimum absolute atomic E-state index is 0.0404. The molecule has 0 aliphatic carbocycles. The largest absolute Gasteiger partial charge is 0.292 e. The van der Waals surface area contributed by atoms with Crippen LogP contribution in [0.15, 0.2) is 60.7 Å². The van der Waals surface area contributed by atoms with E-state index in [1.165, 1.54) is 0 Å². The molecule has 3 nitrogen and oxygen atoms in total. The molecule has 122 valence electrons. The lowest BCUT2D eigenvalue weighted by atomic mass is 9.67. The van der Waals surface area contributed by atoms with Crippen molar-refractivity contribution < 1.29 is 9.59 Å². The Hall–Kier alpha value is -2.26. The van der Waals surface area contributed by atoms with Crippen LogP contribution in [0, 0.1) is 5.92 Å². The van der Waals surface area contributed by atoms with Crippen LogP contribution in [0.2, 0.25) is 0 Å². The number of carbonyl (C=O) groups is 2. The third-order valence-corrected chi connectivity index (χ3v) is 5.56. The molecule has 3 aliphatic rings. The zero-order chi connectivity index (χ0) is 16.6. The molecule has 0 radical (unpaired) electrons. The van der Waals surface area contributed by atoms with Crippen molar-refractivity contribution in [3.63, 3.8) is 0 Å². The van der Waals surface area contributed by atoms with E-state index >= 15 is 0 Å². The van der Waals surface area contributed by atoms with Crippen LogP contribution in [0.25, 0.3) is 0 Å². The second-order valence-corrected chi connectivity index (χ2v) is 6.89. The van der Waals surface area contributed by atoms with Gasteiger partial charge in [-0.3, -0.25) is 14.5 Å². The molecule has 3 saturated heterocycles. The topological polar surface area (TPSA) is 37.4 Å². The monoisotopic (exact) mass is 319 g/mol. The first kappa shape index (κ1) is 15.3. The Morgan fingerprint density at radius 1 is 0.792 bits per heavy atom. The van der Waals surface area contributed by atoms with E-state index in [0.29, 0.717) is 23.5 Å². The molecule has 3 fully saturated rings. The summed E-state index contributed by atoms with van der Waals surface area (Å²) in [5.41, 5.74) is 0.243. The van der Waals surface area contributed by atoms with Crippen LogP contribution in [0.4, 0.5) is 0 Å². The Balaban J connectivity index is 1.82. The van der Waals surface area contributed by atoms with Gasteiger partial charge in [0.15, 0.2) is 11.6 Å². The summed E-state index contributed by atoms with van der Waals surface area (Å²) in [5, 5.41) is 0. The fraction of sp³-hybridized carbons (Fsp3) is 0.333. The summed E-state index contributed by atoms with van der Waals surface area (Å²) in [6, 6.07) is 18.6. The predicted octanol–water partition coefficient (Wildman–Crippen LogP) is 3.61.